The van der Waals surface area contributed by atoms with Crippen molar-refractivity contribution in [1.29, 1.82) is 0 Å². The van der Waals surface area contributed by atoms with E-state index < -0.39 is 0 Å². The molecule has 2 aliphatic carbocycles. The van der Waals surface area contributed by atoms with E-state index in [2.05, 4.69) is 27.4 Å². The molecule has 0 bridgehead atoms. The van der Waals surface area contributed by atoms with Gasteiger partial charge in [0, 0.05) is 12.3 Å². The van der Waals surface area contributed by atoms with Crippen LogP contribution < -0.4 is 0 Å². The molecule has 0 radical (unpaired) electrons. The van der Waals surface area contributed by atoms with E-state index in [1.54, 1.807) is 0 Å². The van der Waals surface area contributed by atoms with E-state index in [4.69, 9.17) is 9.47 Å². The van der Waals surface area contributed by atoms with Crippen LogP contribution >= 0.6 is 0 Å². The highest BCUT2D eigenvalue weighted by Gasteiger charge is 2.53. The average Bonchev–Trinajstić information content (AvgIpc) is 2.51. The summed E-state index contributed by atoms with van der Waals surface area (Å²) in [5, 5.41) is 0. The van der Waals surface area contributed by atoms with Crippen LogP contribution in [0.4, 0.5) is 0 Å². The summed E-state index contributed by atoms with van der Waals surface area (Å²) in [4.78, 5) is 11.0. The minimum absolute atomic E-state index is 0.210. The fourth-order valence-electron chi connectivity index (χ4n) is 4.84. The molecule has 3 aliphatic rings. The predicted octanol–water partition coefficient (Wildman–Crippen LogP) is 4.36. The second kappa shape index (κ2) is 7.74. The van der Waals surface area contributed by atoms with E-state index in [1.807, 2.05) is 0 Å². The third kappa shape index (κ3) is 3.30. The third-order valence-corrected chi connectivity index (χ3v) is 5.88. The first-order valence-corrected chi connectivity index (χ1v) is 8.89. The van der Waals surface area contributed by atoms with E-state index in [0.29, 0.717) is 37.1 Å². The molecule has 0 N–H and O–H groups in total. The largest absolute Gasteiger partial charge is 0.355 e. The molecule has 5 atom stereocenters. The minimum Gasteiger partial charge on any atom is -0.355 e. The Kier molecular flexibility index (Phi) is 6.22. The highest BCUT2D eigenvalue weighted by molar-refractivity contribution is 5.51. The molecule has 5 unspecified atom stereocenters. The topological polar surface area (TPSA) is 35.5 Å². The molecule has 0 aromatic rings. The molecule has 3 nitrogen and oxygen atoms in total. The van der Waals surface area contributed by atoms with Gasteiger partial charge in [-0.2, -0.15) is 0 Å². The highest BCUT2D eigenvalue weighted by atomic mass is 16.7. The summed E-state index contributed by atoms with van der Waals surface area (Å²) in [6.07, 6.45) is 7.81. The number of carbonyl (C=O) groups excluding carboxylic acids is 1. The Morgan fingerprint density at radius 1 is 1.36 bits per heavy atom. The number of fused-ring (bicyclic) bond motifs is 3. The summed E-state index contributed by atoms with van der Waals surface area (Å²) in [5.74, 6) is 1.48. The lowest BCUT2D eigenvalue weighted by molar-refractivity contribution is -0.218. The molecular formula is C19H32O3. The van der Waals surface area contributed by atoms with E-state index in [1.165, 1.54) is 18.4 Å². The maximum absolute atomic E-state index is 11.0. The number of rotatable bonds is 2. The van der Waals surface area contributed by atoms with E-state index in [0.717, 1.165) is 32.2 Å². The minimum atomic E-state index is 0.210. The van der Waals surface area contributed by atoms with Gasteiger partial charge >= 0.3 is 0 Å². The zero-order valence-electron chi connectivity index (χ0n) is 14.5. The smallest absolute Gasteiger partial charge is 0.147 e. The maximum atomic E-state index is 11.0. The number of carbonyl (C=O) groups is 1. The van der Waals surface area contributed by atoms with Gasteiger partial charge in [0.25, 0.3) is 0 Å². The number of ether oxygens (including phenoxy) is 2. The zero-order valence-corrected chi connectivity index (χ0v) is 14.5. The van der Waals surface area contributed by atoms with Crippen molar-refractivity contribution in [3.05, 3.63) is 12.2 Å². The highest BCUT2D eigenvalue weighted by Crippen LogP contribution is 2.58. The molecule has 22 heavy (non-hydrogen) atoms. The Labute approximate surface area is 135 Å². The quantitative estimate of drug-likeness (QED) is 0.561. The van der Waals surface area contributed by atoms with Crippen LogP contribution in [0.25, 0.3) is 0 Å². The molecule has 1 heterocycles. The first-order chi connectivity index (χ1) is 10.6. The molecule has 3 heteroatoms. The van der Waals surface area contributed by atoms with Crippen molar-refractivity contribution in [2.45, 2.75) is 65.4 Å². The summed E-state index contributed by atoms with van der Waals surface area (Å²) in [6, 6.07) is 0. The molecule has 0 aromatic heterocycles. The van der Waals surface area contributed by atoms with E-state index >= 15 is 0 Å². The SMILES string of the molecule is C=C1CCC2C3COCOC3CCC2(C)C1CC=O.CCC. The van der Waals surface area contributed by atoms with E-state index in [9.17, 15) is 4.79 Å². The molecule has 0 amide bonds. The summed E-state index contributed by atoms with van der Waals surface area (Å²) < 4.78 is 11.3. The average molecular weight is 308 g/mol. The van der Waals surface area contributed by atoms with Gasteiger partial charge in [-0.25, -0.2) is 0 Å². The van der Waals surface area contributed by atoms with Crippen LogP contribution in [0.3, 0.4) is 0 Å². The lowest BCUT2D eigenvalue weighted by Crippen LogP contribution is -2.54. The van der Waals surface area contributed by atoms with E-state index in [-0.39, 0.29) is 5.41 Å². The van der Waals surface area contributed by atoms with Crippen LogP contribution in [0.1, 0.15) is 59.3 Å². The van der Waals surface area contributed by atoms with Crippen molar-refractivity contribution in [3.63, 3.8) is 0 Å². The number of aldehydes is 1. The molecule has 3 fully saturated rings. The molecule has 1 saturated heterocycles. The molecule has 126 valence electrons. The van der Waals surface area contributed by atoms with Crippen molar-refractivity contribution >= 4 is 6.29 Å². The van der Waals surface area contributed by atoms with Gasteiger partial charge in [-0.15, -0.1) is 0 Å². The third-order valence-electron chi connectivity index (χ3n) is 5.88. The van der Waals surface area contributed by atoms with Crippen LogP contribution in [0.5, 0.6) is 0 Å². The van der Waals surface area contributed by atoms with Gasteiger partial charge in [-0.05, 0) is 42.9 Å². The van der Waals surface area contributed by atoms with Crippen LogP contribution in [0.2, 0.25) is 0 Å². The van der Waals surface area contributed by atoms with Crippen LogP contribution in [-0.2, 0) is 14.3 Å². The lowest BCUT2D eigenvalue weighted by atomic mass is 9.50. The Bertz CT molecular complexity index is 392. The fourth-order valence-corrected chi connectivity index (χ4v) is 4.84. The number of hydrogen-bond acceptors (Lipinski definition) is 3. The zero-order chi connectivity index (χ0) is 16.2. The predicted molar refractivity (Wildman–Crippen MR) is 88.5 cm³/mol. The standard InChI is InChI=1S/C16H24O3.C3H8/c1-11-3-4-14-12-9-18-10-19-15(12)5-7-16(14,2)13(11)6-8-17;1-3-2/h8,12-15H,1,3-7,9-10H2,2H3;3H2,1-2H3. The summed E-state index contributed by atoms with van der Waals surface area (Å²) in [7, 11) is 0. The first kappa shape index (κ1) is 17.7. The van der Waals surface area contributed by atoms with Gasteiger partial charge in [0.15, 0.2) is 0 Å². The van der Waals surface area contributed by atoms with Crippen molar-refractivity contribution < 1.29 is 14.3 Å². The maximum Gasteiger partial charge on any atom is 0.147 e. The van der Waals surface area contributed by atoms with Crippen molar-refractivity contribution in [2.75, 3.05) is 13.4 Å². The van der Waals surface area contributed by atoms with Gasteiger partial charge in [0.2, 0.25) is 0 Å². The van der Waals surface area contributed by atoms with Crippen molar-refractivity contribution in [1.82, 2.24) is 0 Å². The molecule has 0 aromatic carbocycles. The number of hydrogen-bond donors (Lipinski definition) is 0. The second-order valence-corrected chi connectivity index (χ2v) is 7.37. The molecule has 0 spiro atoms. The summed E-state index contributed by atoms with van der Waals surface area (Å²) in [5.41, 5.74) is 1.49. The summed E-state index contributed by atoms with van der Waals surface area (Å²) >= 11 is 0. The first-order valence-electron chi connectivity index (χ1n) is 8.89. The Balaban J connectivity index is 0.000000545. The molecular weight excluding hydrogens is 276 g/mol. The lowest BCUT2D eigenvalue weighted by Gasteiger charge is -2.57. The Morgan fingerprint density at radius 2 is 2.09 bits per heavy atom. The van der Waals surface area contributed by atoms with Crippen LogP contribution in [0.15, 0.2) is 12.2 Å². The Morgan fingerprint density at radius 3 is 2.77 bits per heavy atom. The molecule has 1 aliphatic heterocycles. The Hall–Kier alpha value is -0.670. The van der Waals surface area contributed by atoms with Gasteiger partial charge in [0.05, 0.1) is 12.7 Å². The number of allylic oxidation sites excluding steroid dienone is 1. The van der Waals surface area contributed by atoms with Crippen molar-refractivity contribution in [2.24, 2.45) is 23.2 Å². The summed E-state index contributed by atoms with van der Waals surface area (Å²) in [6.45, 7) is 12.1. The van der Waals surface area contributed by atoms with Crippen LogP contribution in [-0.4, -0.2) is 25.8 Å². The van der Waals surface area contributed by atoms with Gasteiger partial charge < -0.3 is 14.3 Å². The van der Waals surface area contributed by atoms with Crippen LogP contribution in [0, 0.1) is 23.2 Å². The fraction of sp³-hybridized carbons (Fsp3) is 0.842. The van der Waals surface area contributed by atoms with Gasteiger partial charge in [-0.1, -0.05) is 39.3 Å². The second-order valence-electron chi connectivity index (χ2n) is 7.37. The monoisotopic (exact) mass is 308 g/mol. The van der Waals surface area contributed by atoms with Crippen molar-refractivity contribution in [3.8, 4) is 0 Å². The van der Waals surface area contributed by atoms with Gasteiger partial charge in [-0.3, -0.25) is 0 Å². The molecule has 3 rings (SSSR count). The normalized spacial score (nSPS) is 40.8. The molecule has 2 saturated carbocycles. The van der Waals surface area contributed by atoms with Gasteiger partial charge in [0.1, 0.15) is 13.1 Å².